The molecular weight excluding hydrogens is 334 g/mol. The molecule has 1 aromatic rings. The van der Waals surface area contributed by atoms with E-state index in [0.717, 1.165) is 13.1 Å². The van der Waals surface area contributed by atoms with E-state index < -0.39 is 0 Å². The maximum absolute atomic E-state index is 6.15. The van der Waals surface area contributed by atoms with Crippen LogP contribution in [0.1, 0.15) is 31.1 Å². The van der Waals surface area contributed by atoms with E-state index in [1.54, 1.807) is 0 Å². The second-order valence-corrected chi connectivity index (χ2v) is 7.77. The molecule has 1 aliphatic rings. The predicted molar refractivity (Wildman–Crippen MR) is 91.2 cm³/mol. The molecule has 1 aromatic heterocycles. The van der Waals surface area contributed by atoms with E-state index >= 15 is 0 Å². The van der Waals surface area contributed by atoms with Crippen molar-refractivity contribution in [2.45, 2.75) is 38.3 Å². The summed E-state index contributed by atoms with van der Waals surface area (Å²) in [4.78, 5) is 6.46. The Morgan fingerprint density at radius 2 is 2.15 bits per heavy atom. The highest BCUT2D eigenvalue weighted by Gasteiger charge is 2.36. The lowest BCUT2D eigenvalue weighted by Gasteiger charge is -2.47. The average molecular weight is 360 g/mol. The van der Waals surface area contributed by atoms with Gasteiger partial charge < -0.3 is 10.6 Å². The van der Waals surface area contributed by atoms with Crippen molar-refractivity contribution in [1.82, 2.24) is 9.80 Å². The van der Waals surface area contributed by atoms with E-state index in [2.05, 4.69) is 51.1 Å². The minimum absolute atomic E-state index is 0.181. The fourth-order valence-electron chi connectivity index (χ4n) is 3.09. The fraction of sp³-hybridized carbons (Fsp3) is 0.733. The number of likely N-dealkylation sites (N-methyl/N-ethyl adjacent to an activating group) is 1. The van der Waals surface area contributed by atoms with Gasteiger partial charge in [-0.2, -0.15) is 0 Å². The van der Waals surface area contributed by atoms with Crippen LogP contribution in [-0.4, -0.2) is 48.6 Å². The Balaban J connectivity index is 1.96. The highest BCUT2D eigenvalue weighted by molar-refractivity contribution is 9.10. The molecule has 0 saturated carbocycles. The number of hydrogen-bond donors (Lipinski definition) is 1. The van der Waals surface area contributed by atoms with Crippen molar-refractivity contribution in [3.8, 4) is 0 Å². The largest absolute Gasteiger partial charge is 0.329 e. The van der Waals surface area contributed by atoms with Crippen LogP contribution in [-0.2, 0) is 6.54 Å². The molecular formula is C15H26BrN3S. The maximum Gasteiger partial charge on any atom is 0.0356 e. The van der Waals surface area contributed by atoms with E-state index in [-0.39, 0.29) is 5.54 Å². The molecule has 2 heterocycles. The molecule has 1 saturated heterocycles. The van der Waals surface area contributed by atoms with Gasteiger partial charge in [-0.15, -0.1) is 11.3 Å². The van der Waals surface area contributed by atoms with Gasteiger partial charge in [0.1, 0.15) is 0 Å². The SMILES string of the molecule is CCCN1CCC(CN)(N(C)Cc2cc(Br)cs2)CC1. The number of halogens is 1. The summed E-state index contributed by atoms with van der Waals surface area (Å²) < 4.78 is 1.19. The van der Waals surface area contributed by atoms with Crippen LogP contribution >= 0.6 is 27.3 Å². The summed E-state index contributed by atoms with van der Waals surface area (Å²) >= 11 is 5.35. The van der Waals surface area contributed by atoms with Crippen LogP contribution in [0.4, 0.5) is 0 Å². The molecule has 20 heavy (non-hydrogen) atoms. The van der Waals surface area contributed by atoms with Crippen LogP contribution in [0, 0.1) is 0 Å². The Bertz CT molecular complexity index is 413. The van der Waals surface area contributed by atoms with Crippen LogP contribution in [0.5, 0.6) is 0 Å². The molecule has 0 radical (unpaired) electrons. The van der Waals surface area contributed by atoms with Gasteiger partial charge in [0.05, 0.1) is 0 Å². The number of hydrogen-bond acceptors (Lipinski definition) is 4. The summed E-state index contributed by atoms with van der Waals surface area (Å²) in [6.07, 6.45) is 3.62. The molecule has 5 heteroatoms. The molecule has 0 atom stereocenters. The summed E-state index contributed by atoms with van der Waals surface area (Å²) in [7, 11) is 2.23. The first-order valence-corrected chi connectivity index (χ1v) is 9.13. The predicted octanol–water partition coefficient (Wildman–Crippen LogP) is 3.15. The topological polar surface area (TPSA) is 32.5 Å². The molecule has 0 aromatic carbocycles. The van der Waals surface area contributed by atoms with Gasteiger partial charge in [0.25, 0.3) is 0 Å². The lowest BCUT2D eigenvalue weighted by molar-refractivity contribution is 0.0407. The zero-order chi connectivity index (χ0) is 14.6. The highest BCUT2D eigenvalue weighted by atomic mass is 79.9. The zero-order valence-corrected chi connectivity index (χ0v) is 15.0. The first-order chi connectivity index (χ1) is 9.59. The fourth-order valence-corrected chi connectivity index (χ4v) is 4.59. The normalized spacial score (nSPS) is 19.6. The first kappa shape index (κ1) is 16.4. The molecule has 0 unspecified atom stereocenters. The Kier molecular flexibility index (Phi) is 6.05. The number of thiophene rings is 1. The van der Waals surface area contributed by atoms with Gasteiger partial charge in [0.15, 0.2) is 0 Å². The third-order valence-electron chi connectivity index (χ3n) is 4.53. The second-order valence-electron chi connectivity index (χ2n) is 5.86. The quantitative estimate of drug-likeness (QED) is 0.846. The minimum Gasteiger partial charge on any atom is -0.329 e. The summed E-state index contributed by atoms with van der Waals surface area (Å²) in [5.74, 6) is 0. The van der Waals surface area contributed by atoms with Crippen LogP contribution < -0.4 is 5.73 Å². The van der Waals surface area contributed by atoms with Crippen LogP contribution in [0.2, 0.25) is 0 Å². The van der Waals surface area contributed by atoms with Gasteiger partial charge in [-0.25, -0.2) is 0 Å². The van der Waals surface area contributed by atoms with E-state index in [1.807, 2.05) is 11.3 Å². The van der Waals surface area contributed by atoms with E-state index in [1.165, 1.54) is 48.2 Å². The van der Waals surface area contributed by atoms with Gasteiger partial charge in [0.2, 0.25) is 0 Å². The van der Waals surface area contributed by atoms with Gasteiger partial charge in [-0.3, -0.25) is 4.90 Å². The molecule has 2 N–H and O–H groups in total. The Morgan fingerprint density at radius 1 is 1.45 bits per heavy atom. The molecule has 1 aliphatic heterocycles. The molecule has 0 spiro atoms. The summed E-state index contributed by atoms with van der Waals surface area (Å²) in [6, 6.07) is 2.22. The van der Waals surface area contributed by atoms with Crippen molar-refractivity contribution in [1.29, 1.82) is 0 Å². The third kappa shape index (κ3) is 3.83. The highest BCUT2D eigenvalue weighted by Crippen LogP contribution is 2.30. The number of likely N-dealkylation sites (tertiary alicyclic amines) is 1. The van der Waals surface area contributed by atoms with Crippen molar-refractivity contribution in [3.63, 3.8) is 0 Å². The lowest BCUT2D eigenvalue weighted by Crippen LogP contribution is -2.57. The maximum atomic E-state index is 6.15. The minimum atomic E-state index is 0.181. The molecule has 2 rings (SSSR count). The van der Waals surface area contributed by atoms with Crippen molar-refractivity contribution < 1.29 is 0 Å². The number of nitrogens with zero attached hydrogens (tertiary/aromatic N) is 2. The molecule has 1 fully saturated rings. The monoisotopic (exact) mass is 359 g/mol. The van der Waals surface area contributed by atoms with Crippen LogP contribution in [0.3, 0.4) is 0 Å². The van der Waals surface area contributed by atoms with E-state index in [0.29, 0.717) is 0 Å². The van der Waals surface area contributed by atoms with Crippen molar-refractivity contribution in [2.24, 2.45) is 5.73 Å². The lowest BCUT2D eigenvalue weighted by atomic mass is 9.85. The Morgan fingerprint density at radius 3 is 2.65 bits per heavy atom. The summed E-state index contributed by atoms with van der Waals surface area (Å²) in [5.41, 5.74) is 6.33. The van der Waals surface area contributed by atoms with Crippen LogP contribution in [0.25, 0.3) is 0 Å². The molecule has 114 valence electrons. The number of nitrogens with two attached hydrogens (primary N) is 1. The summed E-state index contributed by atoms with van der Waals surface area (Å²) in [6.45, 7) is 7.61. The third-order valence-corrected chi connectivity index (χ3v) is 6.21. The smallest absolute Gasteiger partial charge is 0.0356 e. The summed E-state index contributed by atoms with van der Waals surface area (Å²) in [5, 5.41) is 2.15. The average Bonchev–Trinajstić information content (AvgIpc) is 2.85. The van der Waals surface area contributed by atoms with Gasteiger partial charge in [-0.05, 0) is 67.9 Å². The van der Waals surface area contributed by atoms with Crippen molar-refractivity contribution >= 4 is 27.3 Å². The zero-order valence-electron chi connectivity index (χ0n) is 12.6. The van der Waals surface area contributed by atoms with Crippen molar-refractivity contribution in [3.05, 3.63) is 20.8 Å². The van der Waals surface area contributed by atoms with E-state index in [9.17, 15) is 0 Å². The second kappa shape index (κ2) is 7.36. The molecule has 0 aliphatic carbocycles. The molecule has 3 nitrogen and oxygen atoms in total. The van der Waals surface area contributed by atoms with Gasteiger partial charge >= 0.3 is 0 Å². The van der Waals surface area contributed by atoms with Gasteiger partial charge in [0, 0.05) is 33.4 Å². The van der Waals surface area contributed by atoms with Crippen molar-refractivity contribution in [2.75, 3.05) is 33.2 Å². The Hall–Kier alpha value is 0.0600. The molecule has 0 amide bonds. The van der Waals surface area contributed by atoms with Crippen LogP contribution in [0.15, 0.2) is 15.9 Å². The number of piperidine rings is 1. The standard InChI is InChI=1S/C15H26BrN3S/c1-3-6-19-7-4-15(12-17,5-8-19)18(2)10-14-9-13(16)11-20-14/h9,11H,3-8,10,12,17H2,1-2H3. The van der Waals surface area contributed by atoms with Gasteiger partial charge in [-0.1, -0.05) is 6.92 Å². The Labute approximate surface area is 135 Å². The molecule has 0 bridgehead atoms. The first-order valence-electron chi connectivity index (χ1n) is 7.46. The number of rotatable bonds is 6. The van der Waals surface area contributed by atoms with E-state index in [4.69, 9.17) is 5.73 Å².